The summed E-state index contributed by atoms with van der Waals surface area (Å²) in [6.07, 6.45) is -15.5. The Morgan fingerprint density at radius 2 is 0.803 bits per heavy atom. The van der Waals surface area contributed by atoms with Gasteiger partial charge in [-0.05, 0) is 132 Å². The predicted octanol–water partition coefficient (Wildman–Crippen LogP) is 10.6. The molecule has 0 aliphatic heterocycles. The number of aliphatic imine (C=N–C) groups is 2. The molecule has 0 atom stereocenters. The van der Waals surface area contributed by atoms with Crippen molar-refractivity contribution >= 4 is 47.7 Å². The van der Waals surface area contributed by atoms with Gasteiger partial charge in [-0.3, -0.25) is 0 Å². The van der Waals surface area contributed by atoms with Crippen LogP contribution in [0.25, 0.3) is 22.6 Å². The highest BCUT2D eigenvalue weighted by atomic mass is 19.4. The molecule has 3 aromatic rings. The van der Waals surface area contributed by atoms with E-state index in [1.54, 1.807) is 0 Å². The second kappa shape index (κ2) is 17.4. The van der Waals surface area contributed by atoms with E-state index in [9.17, 15) is 45.5 Å². The summed E-state index contributed by atoms with van der Waals surface area (Å²) >= 11 is 0. The lowest BCUT2D eigenvalue weighted by Crippen LogP contribution is -2.45. The average molecular weight is 871 g/mol. The van der Waals surface area contributed by atoms with E-state index in [0.717, 1.165) is 36.4 Å². The number of nitrogens with two attached hydrogens (primary N) is 2. The first-order chi connectivity index (χ1) is 27.5. The van der Waals surface area contributed by atoms with Gasteiger partial charge >= 0.3 is 36.7 Å². The van der Waals surface area contributed by atoms with Crippen molar-refractivity contribution in [3.8, 4) is 22.6 Å². The number of benzene rings is 2. The molecular formula is C40H48F6N6O9. The number of anilines is 2. The Morgan fingerprint density at radius 3 is 1.07 bits per heavy atom. The summed E-state index contributed by atoms with van der Waals surface area (Å²) < 4.78 is 115. The average Bonchev–Trinajstić information content (AvgIpc) is 3.50. The van der Waals surface area contributed by atoms with Crippen LogP contribution in [0.5, 0.6) is 0 Å². The zero-order chi connectivity index (χ0) is 46.8. The van der Waals surface area contributed by atoms with Gasteiger partial charge in [0.2, 0.25) is 11.9 Å². The fraction of sp³-hybridized carbons (Fsp3) is 0.450. The summed E-state index contributed by atoms with van der Waals surface area (Å²) in [5, 5.41) is 0. The van der Waals surface area contributed by atoms with Crippen molar-refractivity contribution < 1.29 is 68.9 Å². The second-order valence-electron chi connectivity index (χ2n) is 17.2. The van der Waals surface area contributed by atoms with Crippen molar-refractivity contribution in [2.75, 3.05) is 9.80 Å². The first-order valence-corrected chi connectivity index (χ1v) is 18.2. The summed E-state index contributed by atoms with van der Waals surface area (Å²) in [5.74, 6) is -2.93. The number of carbonyl (C=O) groups is 4. The zero-order valence-electron chi connectivity index (χ0n) is 35.5. The van der Waals surface area contributed by atoms with Gasteiger partial charge in [-0.15, -0.1) is 9.98 Å². The predicted molar refractivity (Wildman–Crippen MR) is 213 cm³/mol. The number of rotatable bonds is 4. The Bertz CT molecular complexity index is 2050. The molecule has 0 unspecified atom stereocenters. The quantitative estimate of drug-likeness (QED) is 0.109. The molecule has 0 radical (unpaired) electrons. The summed E-state index contributed by atoms with van der Waals surface area (Å²) in [7, 11) is 0. The number of amides is 4. The van der Waals surface area contributed by atoms with E-state index in [4.69, 9.17) is 34.8 Å². The van der Waals surface area contributed by atoms with E-state index in [2.05, 4.69) is 9.98 Å². The van der Waals surface area contributed by atoms with Crippen molar-refractivity contribution in [2.45, 2.75) is 118 Å². The fourth-order valence-electron chi connectivity index (χ4n) is 5.00. The third kappa shape index (κ3) is 14.2. The van der Waals surface area contributed by atoms with Gasteiger partial charge in [-0.2, -0.15) is 26.3 Å². The van der Waals surface area contributed by atoms with Gasteiger partial charge in [0.25, 0.3) is 0 Å². The van der Waals surface area contributed by atoms with Crippen LogP contribution >= 0.6 is 0 Å². The van der Waals surface area contributed by atoms with Crippen LogP contribution in [0.3, 0.4) is 0 Å². The standard InChI is InChI=1S/C40H48F6N6O9/c1-35(2,3)58-31(53)49-29(47)51(33(55)60-37(7,8)9)21-13-15-23(25(19-21)39(41,42)43)27-17-18-28(57-27)24-16-14-22(20-26(24)40(44,45)46)52(34(56)61-38(10,11)12)30(48)50-32(54)59-36(4,5)6/h13-20H,1-12H3,(H2,47,49,53)(H2,48,50,54). The van der Waals surface area contributed by atoms with E-state index in [0.29, 0.717) is 21.9 Å². The number of ether oxygens (including phenoxy) is 4. The molecule has 0 bridgehead atoms. The van der Waals surface area contributed by atoms with Gasteiger partial charge in [0.15, 0.2) is 0 Å². The molecule has 0 aliphatic carbocycles. The minimum absolute atomic E-state index is 0.407. The lowest BCUT2D eigenvalue weighted by atomic mass is 10.0. The number of hydrogen-bond acceptors (Lipinski definition) is 9. The molecule has 0 saturated carbocycles. The van der Waals surface area contributed by atoms with Crippen LogP contribution < -0.4 is 21.3 Å². The highest BCUT2D eigenvalue weighted by Crippen LogP contribution is 2.44. The normalized spacial score (nSPS) is 13.3. The van der Waals surface area contributed by atoms with Crippen molar-refractivity contribution in [2.24, 2.45) is 21.5 Å². The van der Waals surface area contributed by atoms with E-state index in [1.807, 2.05) is 0 Å². The van der Waals surface area contributed by atoms with Crippen molar-refractivity contribution in [3.05, 3.63) is 59.7 Å². The molecule has 0 spiro atoms. The van der Waals surface area contributed by atoms with Crippen molar-refractivity contribution in [3.63, 3.8) is 0 Å². The van der Waals surface area contributed by atoms with Crippen LogP contribution in [0.15, 0.2) is 62.9 Å². The van der Waals surface area contributed by atoms with Crippen LogP contribution in [0.2, 0.25) is 0 Å². The van der Waals surface area contributed by atoms with E-state index in [-0.39, 0.29) is 0 Å². The number of halogens is 6. The molecule has 1 aromatic heterocycles. The SMILES string of the molecule is CC(C)(C)OC(=O)N=C(N)N(C(=O)OC(C)(C)C)c1ccc(-c2ccc(-c3ccc(N(C(=O)OC(C)(C)C)C(N)=NC(=O)OC(C)(C)C)cc3C(F)(F)F)o2)c(C(F)(F)F)c1. The monoisotopic (exact) mass is 870 g/mol. The second-order valence-corrected chi connectivity index (χ2v) is 17.2. The molecule has 0 fully saturated rings. The summed E-state index contributed by atoms with van der Waals surface area (Å²) in [5.41, 5.74) is 2.06. The van der Waals surface area contributed by atoms with Gasteiger partial charge in [-0.1, -0.05) is 0 Å². The Morgan fingerprint density at radius 1 is 0.508 bits per heavy atom. The minimum atomic E-state index is -5.18. The first-order valence-electron chi connectivity index (χ1n) is 18.2. The molecule has 0 aliphatic rings. The van der Waals surface area contributed by atoms with Crippen LogP contribution in [0, 0.1) is 0 Å². The lowest BCUT2D eigenvalue weighted by Gasteiger charge is -2.27. The summed E-state index contributed by atoms with van der Waals surface area (Å²) in [6.45, 7) is 17.9. The van der Waals surface area contributed by atoms with Gasteiger partial charge in [0.1, 0.15) is 33.9 Å². The smallest absolute Gasteiger partial charge is 0.437 e. The summed E-state index contributed by atoms with van der Waals surface area (Å²) in [6, 6.07) is 6.60. The van der Waals surface area contributed by atoms with Gasteiger partial charge in [0, 0.05) is 11.1 Å². The minimum Gasteiger partial charge on any atom is -0.456 e. The maximum atomic E-state index is 14.8. The topological polar surface area (TPSA) is 202 Å². The van der Waals surface area contributed by atoms with Gasteiger partial charge < -0.3 is 34.8 Å². The molecule has 15 nitrogen and oxygen atoms in total. The molecule has 334 valence electrons. The number of furan rings is 1. The summed E-state index contributed by atoms with van der Waals surface area (Å²) in [4.78, 5) is 59.3. The molecule has 1 heterocycles. The molecule has 2 aromatic carbocycles. The van der Waals surface area contributed by atoms with Crippen LogP contribution in [0.1, 0.15) is 94.2 Å². The Balaban J connectivity index is 2.22. The lowest BCUT2D eigenvalue weighted by molar-refractivity contribution is -0.137. The highest BCUT2D eigenvalue weighted by molar-refractivity contribution is 6.16. The molecule has 21 heteroatoms. The Hall–Kier alpha value is -6.28. The van der Waals surface area contributed by atoms with Crippen molar-refractivity contribution in [1.29, 1.82) is 0 Å². The number of hydrogen-bond donors (Lipinski definition) is 2. The first kappa shape index (κ1) is 49.1. The Kier molecular flexibility index (Phi) is 14.0. The third-order valence-electron chi connectivity index (χ3n) is 7.08. The molecular weight excluding hydrogens is 822 g/mol. The maximum absolute atomic E-state index is 14.8. The van der Waals surface area contributed by atoms with Crippen LogP contribution in [0.4, 0.5) is 56.9 Å². The fourth-order valence-corrected chi connectivity index (χ4v) is 5.00. The van der Waals surface area contributed by atoms with Gasteiger partial charge in [-0.25, -0.2) is 29.0 Å². The number of carbonyl (C=O) groups excluding carboxylic acids is 4. The third-order valence-corrected chi connectivity index (χ3v) is 7.08. The highest BCUT2D eigenvalue weighted by Gasteiger charge is 2.39. The van der Waals surface area contributed by atoms with E-state index < -0.39 is 116 Å². The molecule has 4 N–H and O–H groups in total. The van der Waals surface area contributed by atoms with Crippen molar-refractivity contribution in [1.82, 2.24) is 0 Å². The van der Waals surface area contributed by atoms with E-state index >= 15 is 0 Å². The largest absolute Gasteiger partial charge is 0.456 e. The number of alkyl halides is 6. The van der Waals surface area contributed by atoms with Gasteiger partial charge in [0.05, 0.1) is 22.5 Å². The Labute approximate surface area is 347 Å². The molecule has 3 rings (SSSR count). The zero-order valence-corrected chi connectivity index (χ0v) is 35.5. The molecule has 61 heavy (non-hydrogen) atoms. The molecule has 0 saturated heterocycles. The number of guanidine groups is 2. The molecule has 4 amide bonds. The number of nitrogens with zero attached hydrogens (tertiary/aromatic N) is 4. The van der Waals surface area contributed by atoms with Crippen LogP contribution in [-0.4, -0.2) is 58.7 Å². The maximum Gasteiger partial charge on any atom is 0.437 e. The van der Waals surface area contributed by atoms with Crippen LogP contribution in [-0.2, 0) is 31.3 Å². The van der Waals surface area contributed by atoms with E-state index in [1.165, 1.54) is 83.1 Å².